The lowest BCUT2D eigenvalue weighted by Gasteiger charge is -2.16. The fourth-order valence-corrected chi connectivity index (χ4v) is 1.77. The summed E-state index contributed by atoms with van der Waals surface area (Å²) >= 11 is 0. The van der Waals surface area contributed by atoms with Crippen LogP contribution in [0.3, 0.4) is 0 Å². The minimum atomic E-state index is -1.08. The monoisotopic (exact) mass is 281 g/mol. The minimum Gasteiger partial charge on any atom is -0.504 e. The number of carbonyl (C=O) groups excluding carboxylic acids is 1. The fourth-order valence-electron chi connectivity index (χ4n) is 1.77. The molecule has 0 radical (unpaired) electrons. The maximum Gasteiger partial charge on any atom is 0.326 e. The lowest BCUT2D eigenvalue weighted by atomic mass is 10.0. The average molecular weight is 281 g/mol. The van der Waals surface area contributed by atoms with Crippen LogP contribution in [0.1, 0.15) is 30.6 Å². The molecule has 0 aromatic heterocycles. The van der Waals surface area contributed by atoms with E-state index in [1.165, 1.54) is 25.3 Å². The van der Waals surface area contributed by atoms with Gasteiger partial charge in [0.25, 0.3) is 5.91 Å². The first kappa shape index (κ1) is 15.8. The number of hydrogen-bond acceptors (Lipinski definition) is 4. The smallest absolute Gasteiger partial charge is 0.326 e. The van der Waals surface area contributed by atoms with Gasteiger partial charge in [0.15, 0.2) is 11.5 Å². The van der Waals surface area contributed by atoms with Crippen LogP contribution in [-0.4, -0.2) is 35.2 Å². The highest BCUT2D eigenvalue weighted by Gasteiger charge is 2.22. The van der Waals surface area contributed by atoms with Crippen LogP contribution in [0.4, 0.5) is 0 Å². The molecule has 1 amide bonds. The van der Waals surface area contributed by atoms with Crippen molar-refractivity contribution in [2.75, 3.05) is 7.11 Å². The van der Waals surface area contributed by atoms with Crippen LogP contribution in [0.25, 0.3) is 0 Å². The summed E-state index contributed by atoms with van der Waals surface area (Å²) in [5.41, 5.74) is 0.179. The number of hydrogen-bond donors (Lipinski definition) is 3. The molecular weight excluding hydrogens is 262 g/mol. The highest BCUT2D eigenvalue weighted by atomic mass is 16.5. The van der Waals surface area contributed by atoms with Crippen LogP contribution >= 0.6 is 0 Å². The molecule has 0 saturated heterocycles. The van der Waals surface area contributed by atoms with Gasteiger partial charge in [-0.3, -0.25) is 4.79 Å². The zero-order chi connectivity index (χ0) is 15.3. The number of rotatable bonds is 6. The van der Waals surface area contributed by atoms with E-state index in [9.17, 15) is 14.7 Å². The van der Waals surface area contributed by atoms with E-state index in [4.69, 9.17) is 9.84 Å². The van der Waals surface area contributed by atoms with Gasteiger partial charge in [0.1, 0.15) is 6.04 Å². The molecule has 6 nitrogen and oxygen atoms in total. The van der Waals surface area contributed by atoms with Crippen molar-refractivity contribution in [3.05, 3.63) is 23.8 Å². The highest BCUT2D eigenvalue weighted by Crippen LogP contribution is 2.26. The second-order valence-corrected chi connectivity index (χ2v) is 4.88. The molecular formula is C14H19NO5. The van der Waals surface area contributed by atoms with Gasteiger partial charge in [0.2, 0.25) is 0 Å². The van der Waals surface area contributed by atoms with Crippen molar-refractivity contribution in [3.8, 4) is 11.5 Å². The van der Waals surface area contributed by atoms with Crippen molar-refractivity contribution in [3.63, 3.8) is 0 Å². The normalized spacial score (nSPS) is 12.0. The summed E-state index contributed by atoms with van der Waals surface area (Å²) in [6.07, 6.45) is 0.337. The van der Waals surface area contributed by atoms with Gasteiger partial charge < -0.3 is 20.3 Å². The van der Waals surface area contributed by atoms with E-state index in [1.807, 2.05) is 13.8 Å². The molecule has 0 unspecified atom stereocenters. The maximum atomic E-state index is 12.0. The van der Waals surface area contributed by atoms with Crippen molar-refractivity contribution < 1.29 is 24.5 Å². The van der Waals surface area contributed by atoms with E-state index < -0.39 is 17.9 Å². The third-order valence-corrected chi connectivity index (χ3v) is 2.75. The van der Waals surface area contributed by atoms with Crippen LogP contribution in [0.15, 0.2) is 18.2 Å². The summed E-state index contributed by atoms with van der Waals surface area (Å²) in [7, 11) is 1.40. The van der Waals surface area contributed by atoms with Crippen LogP contribution in [0.5, 0.6) is 11.5 Å². The molecule has 1 rings (SSSR count). The molecule has 0 heterocycles. The third-order valence-electron chi connectivity index (χ3n) is 2.75. The van der Waals surface area contributed by atoms with E-state index in [1.54, 1.807) is 0 Å². The van der Waals surface area contributed by atoms with Gasteiger partial charge in [-0.15, -0.1) is 0 Å². The van der Waals surface area contributed by atoms with Crippen molar-refractivity contribution in [1.82, 2.24) is 5.32 Å². The second kappa shape index (κ2) is 6.79. The molecule has 0 aliphatic heterocycles. The van der Waals surface area contributed by atoms with Gasteiger partial charge in [-0.1, -0.05) is 13.8 Å². The minimum absolute atomic E-state index is 0.140. The van der Waals surface area contributed by atoms with Gasteiger partial charge in [-0.25, -0.2) is 4.79 Å². The highest BCUT2D eigenvalue weighted by molar-refractivity contribution is 5.97. The summed E-state index contributed by atoms with van der Waals surface area (Å²) in [5, 5.41) is 21.1. The number of nitrogens with one attached hydrogen (secondary N) is 1. The van der Waals surface area contributed by atoms with Crippen LogP contribution in [0, 0.1) is 5.92 Å². The number of ether oxygens (including phenoxy) is 1. The zero-order valence-corrected chi connectivity index (χ0v) is 11.7. The first-order valence-electron chi connectivity index (χ1n) is 6.25. The Morgan fingerprint density at radius 2 is 2.00 bits per heavy atom. The lowest BCUT2D eigenvalue weighted by Crippen LogP contribution is -2.41. The SMILES string of the molecule is COc1ccc(C(=O)N[C@@H](CC(C)C)C(=O)O)cc1O. The van der Waals surface area contributed by atoms with E-state index in [0.717, 1.165) is 0 Å². The summed E-state index contributed by atoms with van der Waals surface area (Å²) in [5.74, 6) is -1.41. The van der Waals surface area contributed by atoms with Crippen LogP contribution in [0.2, 0.25) is 0 Å². The molecule has 0 spiro atoms. The number of methoxy groups -OCH3 is 1. The number of amides is 1. The summed E-state index contributed by atoms with van der Waals surface area (Å²) in [4.78, 5) is 23.1. The number of carboxylic acid groups (broad SMARTS) is 1. The number of carboxylic acids is 1. The Morgan fingerprint density at radius 1 is 1.35 bits per heavy atom. The summed E-state index contributed by atoms with van der Waals surface area (Å²) in [6.45, 7) is 3.75. The third kappa shape index (κ3) is 4.15. The van der Waals surface area contributed by atoms with Crippen molar-refractivity contribution >= 4 is 11.9 Å². The van der Waals surface area contributed by atoms with Crippen LogP contribution in [-0.2, 0) is 4.79 Å². The van der Waals surface area contributed by atoms with Crippen molar-refractivity contribution in [1.29, 1.82) is 0 Å². The molecule has 0 aliphatic rings. The first-order chi connectivity index (χ1) is 9.35. The predicted octanol–water partition coefficient (Wildman–Crippen LogP) is 1.63. The lowest BCUT2D eigenvalue weighted by molar-refractivity contribution is -0.139. The number of aliphatic carboxylic acids is 1. The summed E-state index contributed by atoms with van der Waals surface area (Å²) in [6, 6.07) is 3.19. The Balaban J connectivity index is 2.83. The number of aromatic hydroxyl groups is 1. The van der Waals surface area contributed by atoms with Gasteiger partial charge in [0, 0.05) is 5.56 Å². The Morgan fingerprint density at radius 3 is 2.45 bits per heavy atom. The number of carbonyl (C=O) groups is 2. The molecule has 3 N–H and O–H groups in total. The second-order valence-electron chi connectivity index (χ2n) is 4.88. The number of phenolic OH excluding ortho intramolecular Hbond substituents is 1. The van der Waals surface area contributed by atoms with Gasteiger partial charge >= 0.3 is 5.97 Å². The molecule has 110 valence electrons. The Kier molecular flexibility index (Phi) is 5.37. The van der Waals surface area contributed by atoms with Crippen molar-refractivity contribution in [2.24, 2.45) is 5.92 Å². The molecule has 6 heteroatoms. The average Bonchev–Trinajstić information content (AvgIpc) is 2.37. The van der Waals surface area contributed by atoms with E-state index in [-0.39, 0.29) is 23.0 Å². The zero-order valence-electron chi connectivity index (χ0n) is 11.7. The summed E-state index contributed by atoms with van der Waals surface area (Å²) < 4.78 is 4.88. The Bertz CT molecular complexity index is 498. The van der Waals surface area contributed by atoms with Crippen molar-refractivity contribution in [2.45, 2.75) is 26.3 Å². The predicted molar refractivity (Wildman–Crippen MR) is 73.0 cm³/mol. The first-order valence-corrected chi connectivity index (χ1v) is 6.25. The quantitative estimate of drug-likeness (QED) is 0.736. The molecule has 0 fully saturated rings. The standard InChI is InChI=1S/C14H19NO5/c1-8(2)6-10(14(18)19)15-13(17)9-4-5-12(20-3)11(16)7-9/h4-5,7-8,10,16H,6H2,1-3H3,(H,15,17)(H,18,19)/t10-/m0/s1. The fraction of sp³-hybridized carbons (Fsp3) is 0.429. The Hall–Kier alpha value is -2.24. The molecule has 0 aliphatic carbocycles. The van der Waals surface area contributed by atoms with E-state index >= 15 is 0 Å². The molecule has 0 saturated carbocycles. The van der Waals surface area contributed by atoms with E-state index in [0.29, 0.717) is 6.42 Å². The van der Waals surface area contributed by atoms with Crippen LogP contribution < -0.4 is 10.1 Å². The molecule has 1 aromatic carbocycles. The molecule has 1 atom stereocenters. The van der Waals surface area contributed by atoms with Gasteiger partial charge in [-0.05, 0) is 30.5 Å². The largest absolute Gasteiger partial charge is 0.504 e. The Labute approximate surface area is 117 Å². The van der Waals surface area contributed by atoms with E-state index in [2.05, 4.69) is 5.32 Å². The molecule has 0 bridgehead atoms. The van der Waals surface area contributed by atoms with Gasteiger partial charge in [0.05, 0.1) is 7.11 Å². The molecule has 20 heavy (non-hydrogen) atoms. The van der Waals surface area contributed by atoms with Gasteiger partial charge in [-0.2, -0.15) is 0 Å². The number of phenols is 1. The molecule has 1 aromatic rings. The maximum absolute atomic E-state index is 12.0. The number of benzene rings is 1. The topological polar surface area (TPSA) is 95.9 Å².